The first kappa shape index (κ1) is 16.7. The van der Waals surface area contributed by atoms with E-state index in [9.17, 15) is 9.59 Å². The lowest BCUT2D eigenvalue weighted by atomic mass is 10.2. The molecule has 1 N–H and O–H groups in total. The van der Waals surface area contributed by atoms with Gasteiger partial charge in [0.2, 0.25) is 0 Å². The summed E-state index contributed by atoms with van der Waals surface area (Å²) in [6.07, 6.45) is -0.929. The van der Waals surface area contributed by atoms with Gasteiger partial charge in [-0.25, -0.2) is 0 Å². The lowest BCUT2D eigenvalue weighted by Gasteiger charge is -2.13. The molecule has 1 heterocycles. The van der Waals surface area contributed by atoms with E-state index in [1.165, 1.54) is 0 Å². The molecule has 6 heteroatoms. The first-order chi connectivity index (χ1) is 12.1. The van der Waals surface area contributed by atoms with Crippen molar-refractivity contribution in [2.24, 2.45) is 0 Å². The number of nitrogens with zero attached hydrogens (tertiary/aromatic N) is 1. The van der Waals surface area contributed by atoms with Crippen LogP contribution in [0.4, 0.5) is 0 Å². The first-order valence-corrected chi connectivity index (χ1v) is 7.98. The second kappa shape index (κ2) is 7.61. The van der Waals surface area contributed by atoms with Gasteiger partial charge in [0, 0.05) is 11.9 Å². The monoisotopic (exact) mass is 338 g/mol. The maximum atomic E-state index is 12.1. The SMILES string of the molecule is C[C@H](OC(=O)Cc1noc2ccccc12)C(=O)NCc1ccccc1. The molecule has 3 rings (SSSR count). The zero-order chi connectivity index (χ0) is 17.6. The number of hydrogen-bond acceptors (Lipinski definition) is 5. The summed E-state index contributed by atoms with van der Waals surface area (Å²) in [6.45, 7) is 1.93. The summed E-state index contributed by atoms with van der Waals surface area (Å²) in [6, 6.07) is 16.8. The molecule has 1 atom stereocenters. The van der Waals surface area contributed by atoms with Crippen LogP contribution in [0.5, 0.6) is 0 Å². The molecule has 0 bridgehead atoms. The summed E-state index contributed by atoms with van der Waals surface area (Å²) < 4.78 is 10.3. The van der Waals surface area contributed by atoms with Gasteiger partial charge in [0.25, 0.3) is 5.91 Å². The number of hydrogen-bond donors (Lipinski definition) is 1. The number of esters is 1. The summed E-state index contributed by atoms with van der Waals surface area (Å²) in [5.41, 5.74) is 2.08. The topological polar surface area (TPSA) is 81.4 Å². The van der Waals surface area contributed by atoms with E-state index in [1.807, 2.05) is 48.5 Å². The third-order valence-corrected chi connectivity index (χ3v) is 3.75. The maximum Gasteiger partial charge on any atom is 0.312 e. The van der Waals surface area contributed by atoms with Crippen molar-refractivity contribution in [3.63, 3.8) is 0 Å². The molecule has 0 aliphatic carbocycles. The van der Waals surface area contributed by atoms with Gasteiger partial charge in [-0.3, -0.25) is 9.59 Å². The van der Waals surface area contributed by atoms with E-state index >= 15 is 0 Å². The van der Waals surface area contributed by atoms with Gasteiger partial charge in [0.05, 0.1) is 6.42 Å². The van der Waals surface area contributed by atoms with E-state index in [1.54, 1.807) is 13.0 Å². The number of fused-ring (bicyclic) bond motifs is 1. The molecule has 0 saturated carbocycles. The molecule has 0 aliphatic rings. The van der Waals surface area contributed by atoms with Crippen molar-refractivity contribution in [1.82, 2.24) is 10.5 Å². The number of nitrogens with one attached hydrogen (secondary N) is 1. The lowest BCUT2D eigenvalue weighted by molar-refractivity contribution is -0.154. The van der Waals surface area contributed by atoms with Crippen molar-refractivity contribution in [3.05, 3.63) is 65.9 Å². The van der Waals surface area contributed by atoms with E-state index in [0.717, 1.165) is 10.9 Å². The van der Waals surface area contributed by atoms with Crippen LogP contribution in [0.2, 0.25) is 0 Å². The van der Waals surface area contributed by atoms with Crippen molar-refractivity contribution in [2.75, 3.05) is 0 Å². The highest BCUT2D eigenvalue weighted by Gasteiger charge is 2.19. The summed E-state index contributed by atoms with van der Waals surface area (Å²) in [7, 11) is 0. The molecule has 0 spiro atoms. The fourth-order valence-electron chi connectivity index (χ4n) is 2.42. The Morgan fingerprint density at radius 2 is 1.84 bits per heavy atom. The Kier molecular flexibility index (Phi) is 5.09. The number of carbonyl (C=O) groups is 2. The quantitative estimate of drug-likeness (QED) is 0.699. The van der Waals surface area contributed by atoms with E-state index in [2.05, 4.69) is 10.5 Å². The van der Waals surface area contributed by atoms with Crippen molar-refractivity contribution in [3.8, 4) is 0 Å². The Morgan fingerprint density at radius 3 is 2.64 bits per heavy atom. The van der Waals surface area contributed by atoms with Crippen LogP contribution in [0.25, 0.3) is 11.0 Å². The van der Waals surface area contributed by atoms with Crippen LogP contribution >= 0.6 is 0 Å². The van der Waals surface area contributed by atoms with Crippen LogP contribution in [0, 0.1) is 0 Å². The van der Waals surface area contributed by atoms with Crippen LogP contribution in [0.15, 0.2) is 59.1 Å². The van der Waals surface area contributed by atoms with Gasteiger partial charge in [-0.05, 0) is 24.6 Å². The van der Waals surface area contributed by atoms with Crippen molar-refractivity contribution in [2.45, 2.75) is 26.0 Å². The third-order valence-electron chi connectivity index (χ3n) is 3.75. The third kappa shape index (κ3) is 4.23. The highest BCUT2D eigenvalue weighted by Crippen LogP contribution is 2.18. The van der Waals surface area contributed by atoms with Crippen LogP contribution < -0.4 is 5.32 Å². The first-order valence-electron chi connectivity index (χ1n) is 7.98. The van der Waals surface area contributed by atoms with Crippen LogP contribution in [-0.2, 0) is 27.3 Å². The van der Waals surface area contributed by atoms with Crippen LogP contribution in [0.1, 0.15) is 18.2 Å². The predicted octanol–water partition coefficient (Wildman–Crippen LogP) is 2.62. The molecule has 0 aliphatic heterocycles. The maximum absolute atomic E-state index is 12.1. The Bertz CT molecular complexity index is 873. The molecule has 3 aromatic rings. The molecular weight excluding hydrogens is 320 g/mol. The normalized spacial score (nSPS) is 11.9. The molecule has 1 amide bonds. The summed E-state index contributed by atoms with van der Waals surface area (Å²) in [5, 5.41) is 7.39. The number of aromatic nitrogens is 1. The van der Waals surface area contributed by atoms with Gasteiger partial charge < -0.3 is 14.6 Å². The molecule has 0 saturated heterocycles. The zero-order valence-electron chi connectivity index (χ0n) is 13.8. The van der Waals surface area contributed by atoms with E-state index in [0.29, 0.717) is 17.8 Å². The molecule has 1 aromatic heterocycles. The summed E-state index contributed by atoms with van der Waals surface area (Å²) in [4.78, 5) is 24.1. The average Bonchev–Trinajstić information content (AvgIpc) is 3.03. The molecule has 6 nitrogen and oxygen atoms in total. The predicted molar refractivity (Wildman–Crippen MR) is 91.6 cm³/mol. The minimum Gasteiger partial charge on any atom is -0.452 e. The number of amides is 1. The van der Waals surface area contributed by atoms with Gasteiger partial charge in [-0.2, -0.15) is 0 Å². The number of para-hydroxylation sites is 1. The highest BCUT2D eigenvalue weighted by atomic mass is 16.5. The molecular formula is C19H18N2O4. The number of carbonyl (C=O) groups excluding carboxylic acids is 2. The molecule has 128 valence electrons. The van der Waals surface area contributed by atoms with Crippen molar-refractivity contribution in [1.29, 1.82) is 0 Å². The second-order valence-electron chi connectivity index (χ2n) is 5.64. The Morgan fingerprint density at radius 1 is 1.12 bits per heavy atom. The van der Waals surface area contributed by atoms with Gasteiger partial charge >= 0.3 is 5.97 Å². The Hall–Kier alpha value is -3.15. The standard InChI is InChI=1S/C19H18N2O4/c1-13(19(23)20-12-14-7-3-2-4-8-14)24-18(22)11-16-15-9-5-6-10-17(15)25-21-16/h2-10,13H,11-12H2,1H3,(H,20,23)/t13-/m0/s1. The number of rotatable bonds is 6. The van der Waals surface area contributed by atoms with E-state index < -0.39 is 12.1 Å². The second-order valence-corrected chi connectivity index (χ2v) is 5.64. The van der Waals surface area contributed by atoms with Gasteiger partial charge in [0.15, 0.2) is 11.7 Å². The van der Waals surface area contributed by atoms with Gasteiger partial charge in [0.1, 0.15) is 5.69 Å². The minimum atomic E-state index is -0.880. The number of ether oxygens (including phenoxy) is 1. The average molecular weight is 338 g/mol. The summed E-state index contributed by atoms with van der Waals surface area (Å²) in [5.74, 6) is -0.872. The van der Waals surface area contributed by atoms with Crippen molar-refractivity contribution < 1.29 is 18.8 Å². The fourth-order valence-corrected chi connectivity index (χ4v) is 2.42. The number of benzene rings is 2. The van der Waals surface area contributed by atoms with Crippen LogP contribution in [-0.4, -0.2) is 23.1 Å². The van der Waals surface area contributed by atoms with E-state index in [4.69, 9.17) is 9.26 Å². The molecule has 0 fully saturated rings. The highest BCUT2D eigenvalue weighted by molar-refractivity contribution is 5.86. The zero-order valence-corrected chi connectivity index (χ0v) is 13.8. The van der Waals surface area contributed by atoms with Gasteiger partial charge in [-0.1, -0.05) is 47.6 Å². The smallest absolute Gasteiger partial charge is 0.312 e. The fraction of sp³-hybridized carbons (Fsp3) is 0.211. The minimum absolute atomic E-state index is 0.0483. The van der Waals surface area contributed by atoms with Crippen molar-refractivity contribution >= 4 is 22.8 Å². The van der Waals surface area contributed by atoms with E-state index in [-0.39, 0.29) is 12.3 Å². The molecule has 0 radical (unpaired) electrons. The Labute approximate surface area is 144 Å². The molecule has 2 aromatic carbocycles. The molecule has 25 heavy (non-hydrogen) atoms. The van der Waals surface area contributed by atoms with Crippen LogP contribution in [0.3, 0.4) is 0 Å². The van der Waals surface area contributed by atoms with Gasteiger partial charge in [-0.15, -0.1) is 0 Å². The molecule has 0 unspecified atom stereocenters. The Balaban J connectivity index is 1.52. The lowest BCUT2D eigenvalue weighted by Crippen LogP contribution is -2.35. The largest absolute Gasteiger partial charge is 0.452 e. The summed E-state index contributed by atoms with van der Waals surface area (Å²) >= 11 is 0.